The Morgan fingerprint density at radius 1 is 1.60 bits per heavy atom. The van der Waals surface area contributed by atoms with Crippen LogP contribution in [-0.4, -0.2) is 37.2 Å². The normalized spacial score (nSPS) is 21.8. The van der Waals surface area contributed by atoms with Crippen LogP contribution in [0.2, 0.25) is 5.02 Å². The van der Waals surface area contributed by atoms with Crippen LogP contribution >= 0.6 is 11.6 Å². The highest BCUT2D eigenvalue weighted by Gasteiger charge is 2.27. The molecule has 2 N–H and O–H groups in total. The van der Waals surface area contributed by atoms with E-state index in [1.807, 2.05) is 0 Å². The van der Waals surface area contributed by atoms with Crippen molar-refractivity contribution in [3.8, 4) is 0 Å². The van der Waals surface area contributed by atoms with E-state index in [1.165, 1.54) is 6.20 Å². The summed E-state index contributed by atoms with van der Waals surface area (Å²) < 4.78 is 5.62. The molecule has 1 aromatic heterocycles. The van der Waals surface area contributed by atoms with Crippen molar-refractivity contribution >= 4 is 23.3 Å². The Bertz CT molecular complexity index is 481. The number of carbonyl (C=O) groups excluding carboxylic acids is 1. The van der Waals surface area contributed by atoms with E-state index >= 15 is 0 Å². The van der Waals surface area contributed by atoms with Crippen molar-refractivity contribution < 1.29 is 9.53 Å². The number of carbonyl (C=O) groups is 1. The smallest absolute Gasteiger partial charge is 0.253 e. The van der Waals surface area contributed by atoms with E-state index in [1.54, 1.807) is 13.1 Å². The van der Waals surface area contributed by atoms with Gasteiger partial charge in [0.1, 0.15) is 5.82 Å². The predicted molar refractivity (Wildman–Crippen MR) is 79.3 cm³/mol. The molecule has 110 valence electrons. The zero-order valence-corrected chi connectivity index (χ0v) is 12.5. The molecular weight excluding hydrogens is 278 g/mol. The van der Waals surface area contributed by atoms with Gasteiger partial charge in [-0.1, -0.05) is 18.5 Å². The molecule has 0 aliphatic carbocycles. The monoisotopic (exact) mass is 297 g/mol. The molecule has 2 rings (SSSR count). The summed E-state index contributed by atoms with van der Waals surface area (Å²) >= 11 is 6.02. The number of halogens is 1. The Morgan fingerprint density at radius 3 is 3.10 bits per heavy atom. The molecule has 6 heteroatoms. The fourth-order valence-corrected chi connectivity index (χ4v) is 2.64. The number of nitrogens with one attached hydrogen (secondary N) is 2. The molecule has 0 spiro atoms. The van der Waals surface area contributed by atoms with E-state index in [0.717, 1.165) is 19.4 Å². The van der Waals surface area contributed by atoms with Gasteiger partial charge in [0.25, 0.3) is 5.91 Å². The van der Waals surface area contributed by atoms with Gasteiger partial charge in [-0.3, -0.25) is 4.79 Å². The third-order valence-corrected chi connectivity index (χ3v) is 3.93. The first-order valence-corrected chi connectivity index (χ1v) is 7.26. The lowest BCUT2D eigenvalue weighted by molar-refractivity contribution is 0.0827. The first-order chi connectivity index (χ1) is 9.65. The van der Waals surface area contributed by atoms with E-state index in [4.69, 9.17) is 16.3 Å². The summed E-state index contributed by atoms with van der Waals surface area (Å²) in [6.45, 7) is 3.49. The molecule has 20 heavy (non-hydrogen) atoms. The van der Waals surface area contributed by atoms with Gasteiger partial charge in [0.05, 0.1) is 16.7 Å². The van der Waals surface area contributed by atoms with Crippen molar-refractivity contribution in [1.82, 2.24) is 10.3 Å². The molecule has 5 nitrogen and oxygen atoms in total. The molecule has 2 unspecified atom stereocenters. The molecule has 1 saturated heterocycles. The number of rotatable bonds is 5. The second-order valence-corrected chi connectivity index (χ2v) is 5.28. The quantitative estimate of drug-likeness (QED) is 0.875. The summed E-state index contributed by atoms with van der Waals surface area (Å²) in [6.07, 6.45) is 3.69. The van der Waals surface area contributed by atoms with Crippen LogP contribution in [0.4, 0.5) is 5.82 Å². The summed E-state index contributed by atoms with van der Waals surface area (Å²) in [5.41, 5.74) is 0.443. The summed E-state index contributed by atoms with van der Waals surface area (Å²) in [5, 5.41) is 6.19. The number of pyridine rings is 1. The van der Waals surface area contributed by atoms with E-state index in [9.17, 15) is 4.79 Å². The van der Waals surface area contributed by atoms with Crippen molar-refractivity contribution in [1.29, 1.82) is 0 Å². The van der Waals surface area contributed by atoms with Crippen LogP contribution in [0.15, 0.2) is 12.3 Å². The lowest BCUT2D eigenvalue weighted by Crippen LogP contribution is -2.32. The van der Waals surface area contributed by atoms with Crippen LogP contribution in [0, 0.1) is 5.92 Å². The lowest BCUT2D eigenvalue weighted by Gasteiger charge is -2.17. The Balaban J connectivity index is 1.98. The summed E-state index contributed by atoms with van der Waals surface area (Å²) in [7, 11) is 1.75. The fourth-order valence-electron chi connectivity index (χ4n) is 2.45. The number of aromatic nitrogens is 1. The maximum absolute atomic E-state index is 12.2. The van der Waals surface area contributed by atoms with Crippen molar-refractivity contribution in [2.45, 2.75) is 25.9 Å². The Kier molecular flexibility index (Phi) is 5.20. The number of anilines is 1. The largest absolute Gasteiger partial charge is 0.378 e. The molecule has 1 aliphatic heterocycles. The predicted octanol–water partition coefficient (Wildman–Crippen LogP) is 2.32. The Hall–Kier alpha value is -1.33. The van der Waals surface area contributed by atoms with Gasteiger partial charge < -0.3 is 15.4 Å². The zero-order chi connectivity index (χ0) is 14.5. The highest BCUT2D eigenvalue weighted by atomic mass is 35.5. The first-order valence-electron chi connectivity index (χ1n) is 6.88. The number of nitrogens with zero attached hydrogens (tertiary/aromatic N) is 1. The van der Waals surface area contributed by atoms with Crippen molar-refractivity contribution in [2.24, 2.45) is 5.92 Å². The SMILES string of the molecule is CCC1OCCC1CNC(=O)c1cc(NC)ncc1Cl. The standard InChI is InChI=1S/C14H20ClN3O2/c1-3-12-9(4-5-20-12)7-18-14(19)10-6-13(16-2)17-8-11(10)15/h6,8-9,12H,3-5,7H2,1-2H3,(H,16,17)(H,18,19). The topological polar surface area (TPSA) is 63.2 Å². The minimum absolute atomic E-state index is 0.171. The van der Waals surface area contributed by atoms with Crippen LogP contribution in [0.5, 0.6) is 0 Å². The molecule has 0 radical (unpaired) electrons. The highest BCUT2D eigenvalue weighted by molar-refractivity contribution is 6.33. The fraction of sp³-hybridized carbons (Fsp3) is 0.571. The second-order valence-electron chi connectivity index (χ2n) is 4.88. The molecule has 0 aromatic carbocycles. The van der Waals surface area contributed by atoms with Crippen molar-refractivity contribution in [3.63, 3.8) is 0 Å². The van der Waals surface area contributed by atoms with E-state index < -0.39 is 0 Å². The third-order valence-electron chi connectivity index (χ3n) is 3.63. The Labute approximate surface area is 124 Å². The van der Waals surface area contributed by atoms with Crippen LogP contribution in [0.1, 0.15) is 30.1 Å². The molecular formula is C14H20ClN3O2. The molecule has 0 bridgehead atoms. The van der Waals surface area contributed by atoms with Crippen molar-refractivity contribution in [3.05, 3.63) is 22.8 Å². The minimum Gasteiger partial charge on any atom is -0.378 e. The first kappa shape index (κ1) is 15.1. The number of hydrogen-bond donors (Lipinski definition) is 2. The lowest BCUT2D eigenvalue weighted by atomic mass is 9.99. The molecule has 1 amide bonds. The van der Waals surface area contributed by atoms with Gasteiger partial charge in [-0.05, 0) is 18.9 Å². The van der Waals surface area contributed by atoms with Gasteiger partial charge in [0, 0.05) is 32.3 Å². The van der Waals surface area contributed by atoms with Gasteiger partial charge in [-0.2, -0.15) is 0 Å². The molecule has 1 fully saturated rings. The highest BCUT2D eigenvalue weighted by Crippen LogP contribution is 2.23. The number of ether oxygens (including phenoxy) is 1. The van der Waals surface area contributed by atoms with Crippen LogP contribution < -0.4 is 10.6 Å². The second kappa shape index (κ2) is 6.90. The summed E-state index contributed by atoms with van der Waals surface area (Å²) in [6, 6.07) is 1.65. The van der Waals surface area contributed by atoms with Gasteiger partial charge in [-0.15, -0.1) is 0 Å². The van der Waals surface area contributed by atoms with E-state index in [0.29, 0.717) is 28.9 Å². The average molecular weight is 298 g/mol. The van der Waals surface area contributed by atoms with Crippen LogP contribution in [0.3, 0.4) is 0 Å². The average Bonchev–Trinajstić information content (AvgIpc) is 2.92. The number of amides is 1. The molecule has 1 aliphatic rings. The van der Waals surface area contributed by atoms with Gasteiger partial charge >= 0.3 is 0 Å². The third kappa shape index (κ3) is 3.41. The zero-order valence-electron chi connectivity index (χ0n) is 11.8. The van der Waals surface area contributed by atoms with Gasteiger partial charge in [-0.25, -0.2) is 4.98 Å². The maximum Gasteiger partial charge on any atom is 0.253 e. The molecule has 2 heterocycles. The Morgan fingerprint density at radius 2 is 2.40 bits per heavy atom. The van der Waals surface area contributed by atoms with Gasteiger partial charge in [0.2, 0.25) is 0 Å². The summed E-state index contributed by atoms with van der Waals surface area (Å²) in [4.78, 5) is 16.3. The molecule has 2 atom stereocenters. The van der Waals surface area contributed by atoms with E-state index in [-0.39, 0.29) is 12.0 Å². The van der Waals surface area contributed by atoms with Crippen LogP contribution in [-0.2, 0) is 4.74 Å². The summed E-state index contributed by atoms with van der Waals surface area (Å²) in [5.74, 6) is 0.833. The molecule has 0 saturated carbocycles. The molecule has 1 aromatic rings. The van der Waals surface area contributed by atoms with Gasteiger partial charge in [0.15, 0.2) is 0 Å². The van der Waals surface area contributed by atoms with E-state index in [2.05, 4.69) is 22.5 Å². The maximum atomic E-state index is 12.2. The number of hydrogen-bond acceptors (Lipinski definition) is 4. The minimum atomic E-state index is -0.171. The van der Waals surface area contributed by atoms with Crippen molar-refractivity contribution in [2.75, 3.05) is 25.5 Å². The van der Waals surface area contributed by atoms with Crippen LogP contribution in [0.25, 0.3) is 0 Å².